The third-order valence-electron chi connectivity index (χ3n) is 2.58. The van der Waals surface area contributed by atoms with Crippen molar-refractivity contribution in [2.45, 2.75) is 0 Å². The number of benzene rings is 1. The predicted molar refractivity (Wildman–Crippen MR) is 74.6 cm³/mol. The molecule has 21 heavy (non-hydrogen) atoms. The van der Waals surface area contributed by atoms with Crippen LogP contribution in [-0.4, -0.2) is 33.2 Å². The second-order valence-corrected chi connectivity index (χ2v) is 4.01. The first-order chi connectivity index (χ1) is 10.2. The van der Waals surface area contributed by atoms with E-state index in [9.17, 15) is 4.79 Å². The number of nitrogens with one attached hydrogen (secondary N) is 2. The molecule has 0 unspecified atom stereocenters. The van der Waals surface area contributed by atoms with Crippen molar-refractivity contribution in [2.75, 3.05) is 12.4 Å². The van der Waals surface area contributed by atoms with Crippen LogP contribution in [0.4, 0.5) is 5.95 Å². The van der Waals surface area contributed by atoms with Gasteiger partial charge in [-0.3, -0.25) is 10.1 Å². The number of hydrogen-bond acceptors (Lipinski definition) is 6. The molecule has 3 aromatic rings. The van der Waals surface area contributed by atoms with Gasteiger partial charge in [0.15, 0.2) is 5.58 Å². The molecule has 2 heterocycles. The topological polar surface area (TPSA) is 106 Å². The van der Waals surface area contributed by atoms with E-state index in [1.807, 2.05) is 18.2 Å². The van der Waals surface area contributed by atoms with E-state index in [4.69, 9.17) is 9.15 Å². The molecule has 0 aliphatic carbocycles. The third-order valence-corrected chi connectivity index (χ3v) is 2.58. The minimum atomic E-state index is -0.393. The molecule has 2 N–H and O–H groups in total. The Bertz CT molecular complexity index is 772. The van der Waals surface area contributed by atoms with E-state index in [-0.39, 0.29) is 12.0 Å². The van der Waals surface area contributed by atoms with Crippen LogP contribution in [0.25, 0.3) is 17.2 Å². The van der Waals surface area contributed by atoms with Gasteiger partial charge >= 0.3 is 6.01 Å². The number of amides is 1. The molecule has 0 atom stereocenters. The van der Waals surface area contributed by atoms with Crippen molar-refractivity contribution in [3.63, 3.8) is 0 Å². The number of oxazole rings is 1. The fourth-order valence-electron chi connectivity index (χ4n) is 1.66. The highest BCUT2D eigenvalue weighted by molar-refractivity contribution is 6.00. The number of anilines is 1. The molecular weight excluding hydrogens is 274 g/mol. The molecule has 0 fully saturated rings. The summed E-state index contributed by atoms with van der Waals surface area (Å²) in [6.07, 6.45) is 2.77. The molecule has 2 aromatic heterocycles. The number of nitrogens with zero attached hydrogens (tertiary/aromatic N) is 3. The highest BCUT2D eigenvalue weighted by Gasteiger charge is 2.06. The van der Waals surface area contributed by atoms with Gasteiger partial charge in [0.25, 0.3) is 5.91 Å². The van der Waals surface area contributed by atoms with Crippen molar-refractivity contribution in [2.24, 2.45) is 0 Å². The van der Waals surface area contributed by atoms with Gasteiger partial charge in [-0.25, -0.2) is 10.1 Å². The smallest absolute Gasteiger partial charge is 0.336 e. The van der Waals surface area contributed by atoms with Gasteiger partial charge in [0, 0.05) is 12.2 Å². The van der Waals surface area contributed by atoms with Crippen LogP contribution in [0.15, 0.2) is 34.8 Å². The van der Waals surface area contributed by atoms with Gasteiger partial charge in [-0.1, -0.05) is 12.1 Å². The summed E-state index contributed by atoms with van der Waals surface area (Å²) in [5.41, 5.74) is 1.40. The first kappa shape index (κ1) is 12.9. The van der Waals surface area contributed by atoms with Crippen LogP contribution >= 0.6 is 0 Å². The van der Waals surface area contributed by atoms with E-state index in [1.165, 1.54) is 19.3 Å². The quantitative estimate of drug-likeness (QED) is 0.705. The number of carbonyl (C=O) groups excluding carboxylic acids is 1. The molecule has 0 saturated carbocycles. The Morgan fingerprint density at radius 1 is 1.38 bits per heavy atom. The Balaban J connectivity index is 1.68. The fourth-order valence-corrected chi connectivity index (χ4v) is 1.66. The summed E-state index contributed by atoms with van der Waals surface area (Å²) in [7, 11) is 1.43. The van der Waals surface area contributed by atoms with E-state index in [0.29, 0.717) is 11.5 Å². The lowest BCUT2D eigenvalue weighted by Gasteiger charge is -1.93. The molecule has 0 radical (unpaired) electrons. The average Bonchev–Trinajstić information content (AvgIpc) is 3.10. The maximum Gasteiger partial charge on any atom is 0.336 e. The molecule has 0 spiro atoms. The first-order valence-electron chi connectivity index (χ1n) is 6.05. The van der Waals surface area contributed by atoms with Crippen LogP contribution < -0.4 is 10.1 Å². The van der Waals surface area contributed by atoms with E-state index in [0.717, 1.165) is 5.52 Å². The lowest BCUT2D eigenvalue weighted by molar-refractivity contribution is -0.111. The summed E-state index contributed by atoms with van der Waals surface area (Å²) in [4.78, 5) is 19.8. The number of ether oxygens (including phenoxy) is 1. The normalized spacial score (nSPS) is 11.1. The van der Waals surface area contributed by atoms with Crippen molar-refractivity contribution >= 4 is 29.0 Å². The molecule has 0 aliphatic heterocycles. The number of aromatic nitrogens is 4. The number of hydrogen-bond donors (Lipinski definition) is 2. The maximum absolute atomic E-state index is 11.7. The number of methoxy groups -OCH3 is 1. The van der Waals surface area contributed by atoms with E-state index in [1.54, 1.807) is 6.07 Å². The Kier molecular flexibility index (Phi) is 3.34. The number of rotatable bonds is 4. The number of carbonyl (C=O) groups is 1. The van der Waals surface area contributed by atoms with Crippen molar-refractivity contribution < 1.29 is 13.9 Å². The SMILES string of the molecule is COc1n[nH]c(NC(=O)/C=C/c2nc3ccccc3o2)n1. The second-order valence-electron chi connectivity index (χ2n) is 4.01. The monoisotopic (exact) mass is 285 g/mol. The van der Waals surface area contributed by atoms with Gasteiger partial charge in [0.2, 0.25) is 11.8 Å². The summed E-state index contributed by atoms with van der Waals surface area (Å²) in [5.74, 6) is 0.150. The molecule has 8 nitrogen and oxygen atoms in total. The lowest BCUT2D eigenvalue weighted by atomic mass is 10.3. The molecule has 1 aromatic carbocycles. The van der Waals surface area contributed by atoms with Gasteiger partial charge in [-0.15, -0.1) is 5.10 Å². The standard InChI is InChI=1S/C13H11N5O3/c1-20-13-16-12(17-18-13)15-10(19)6-7-11-14-8-4-2-3-5-9(8)21-11/h2-7H,1H3,(H2,15,16,17,18,19)/b7-6+. The molecule has 106 valence electrons. The minimum Gasteiger partial charge on any atom is -0.466 e. The van der Waals surface area contributed by atoms with Crippen LogP contribution in [-0.2, 0) is 4.79 Å². The summed E-state index contributed by atoms with van der Waals surface area (Å²) in [6, 6.07) is 7.50. The molecule has 1 amide bonds. The summed E-state index contributed by atoms with van der Waals surface area (Å²) in [6.45, 7) is 0. The van der Waals surface area contributed by atoms with E-state index < -0.39 is 5.91 Å². The molecule has 0 aliphatic rings. The van der Waals surface area contributed by atoms with Crippen LogP contribution in [0.2, 0.25) is 0 Å². The zero-order valence-electron chi connectivity index (χ0n) is 11.0. The van der Waals surface area contributed by atoms with Gasteiger partial charge < -0.3 is 9.15 Å². The zero-order chi connectivity index (χ0) is 14.7. The Morgan fingerprint density at radius 3 is 3.00 bits per heavy atom. The molecule has 0 saturated heterocycles. The fraction of sp³-hybridized carbons (Fsp3) is 0.0769. The lowest BCUT2D eigenvalue weighted by Crippen LogP contribution is -2.09. The molecule has 0 bridgehead atoms. The van der Waals surface area contributed by atoms with Crippen LogP contribution in [0, 0.1) is 0 Å². The second kappa shape index (κ2) is 5.45. The summed E-state index contributed by atoms with van der Waals surface area (Å²) < 4.78 is 10.2. The highest BCUT2D eigenvalue weighted by Crippen LogP contribution is 2.15. The Morgan fingerprint density at radius 2 is 2.24 bits per heavy atom. The molecule has 8 heteroatoms. The summed E-state index contributed by atoms with van der Waals surface area (Å²) >= 11 is 0. The number of H-pyrrole nitrogens is 1. The zero-order valence-corrected chi connectivity index (χ0v) is 11.0. The average molecular weight is 285 g/mol. The predicted octanol–water partition coefficient (Wildman–Crippen LogP) is 1.61. The van der Waals surface area contributed by atoms with Gasteiger partial charge in [0.05, 0.1) is 7.11 Å². The third kappa shape index (κ3) is 2.89. The van der Waals surface area contributed by atoms with Crippen LogP contribution in [0.3, 0.4) is 0 Å². The van der Waals surface area contributed by atoms with Crippen molar-refractivity contribution in [3.8, 4) is 6.01 Å². The largest absolute Gasteiger partial charge is 0.466 e. The van der Waals surface area contributed by atoms with E-state index in [2.05, 4.69) is 25.5 Å². The van der Waals surface area contributed by atoms with Crippen molar-refractivity contribution in [1.82, 2.24) is 20.2 Å². The van der Waals surface area contributed by atoms with Crippen LogP contribution in [0.1, 0.15) is 5.89 Å². The molecular formula is C13H11N5O3. The number of aromatic amines is 1. The van der Waals surface area contributed by atoms with E-state index >= 15 is 0 Å². The van der Waals surface area contributed by atoms with Gasteiger partial charge in [-0.2, -0.15) is 4.98 Å². The number of fused-ring (bicyclic) bond motifs is 1. The van der Waals surface area contributed by atoms with Crippen molar-refractivity contribution in [1.29, 1.82) is 0 Å². The minimum absolute atomic E-state index is 0.147. The van der Waals surface area contributed by atoms with Gasteiger partial charge in [-0.05, 0) is 12.1 Å². The Labute approximate surface area is 118 Å². The summed E-state index contributed by atoms with van der Waals surface area (Å²) in [5, 5.41) is 8.72. The number of para-hydroxylation sites is 2. The van der Waals surface area contributed by atoms with Gasteiger partial charge in [0.1, 0.15) is 5.52 Å². The van der Waals surface area contributed by atoms with Crippen LogP contribution in [0.5, 0.6) is 6.01 Å². The van der Waals surface area contributed by atoms with Crippen molar-refractivity contribution in [3.05, 3.63) is 36.2 Å². The first-order valence-corrected chi connectivity index (χ1v) is 6.05. The molecule has 3 rings (SSSR count). The maximum atomic E-state index is 11.7. The Hall–Kier alpha value is -3.16. The highest BCUT2D eigenvalue weighted by atomic mass is 16.5.